The first kappa shape index (κ1) is 20.3. The third-order valence-corrected chi connectivity index (χ3v) is 5.14. The molecule has 0 saturated carbocycles. The highest BCUT2D eigenvalue weighted by Crippen LogP contribution is 2.15. The summed E-state index contributed by atoms with van der Waals surface area (Å²) in [6.45, 7) is 2.94. The highest BCUT2D eigenvalue weighted by molar-refractivity contribution is 7.80. The number of hydrogen-bond donors (Lipinski definition) is 0. The van der Waals surface area contributed by atoms with Crippen molar-refractivity contribution in [1.29, 1.82) is 0 Å². The lowest BCUT2D eigenvalue weighted by Gasteiger charge is -2.23. The van der Waals surface area contributed by atoms with E-state index in [-0.39, 0.29) is 12.6 Å². The van der Waals surface area contributed by atoms with E-state index in [0.717, 1.165) is 74.3 Å². The Balaban J connectivity index is 1.44. The van der Waals surface area contributed by atoms with E-state index in [1.807, 2.05) is 0 Å². The van der Waals surface area contributed by atoms with Gasteiger partial charge in [-0.25, -0.2) is 0 Å². The lowest BCUT2D eigenvalue weighted by atomic mass is 10.1. The second kappa shape index (κ2) is 12.4. The molecule has 0 radical (unpaired) electrons. The van der Waals surface area contributed by atoms with Gasteiger partial charge in [0.25, 0.3) is 0 Å². The molecule has 2 heterocycles. The molecule has 0 spiro atoms. The van der Waals surface area contributed by atoms with Gasteiger partial charge in [0, 0.05) is 26.1 Å². The fourth-order valence-electron chi connectivity index (χ4n) is 2.82. The molecule has 6 heteroatoms. The molecule has 2 aliphatic rings. The van der Waals surface area contributed by atoms with Gasteiger partial charge in [-0.2, -0.15) is 0 Å². The Kier molecular flexibility index (Phi) is 10.5. The minimum Gasteiger partial charge on any atom is -0.353 e. The van der Waals surface area contributed by atoms with Crippen molar-refractivity contribution in [3.63, 3.8) is 0 Å². The van der Waals surface area contributed by atoms with Crippen molar-refractivity contribution >= 4 is 34.2 Å². The number of rotatable bonds is 11. The van der Waals surface area contributed by atoms with Gasteiger partial charge < -0.3 is 18.9 Å². The summed E-state index contributed by atoms with van der Waals surface area (Å²) >= 11 is 10.8. The van der Waals surface area contributed by atoms with Gasteiger partial charge in [0.05, 0.1) is 13.2 Å². The van der Waals surface area contributed by atoms with Crippen LogP contribution in [0.2, 0.25) is 0 Å². The summed E-state index contributed by atoms with van der Waals surface area (Å²) < 4.78 is 22.5. The van der Waals surface area contributed by atoms with E-state index >= 15 is 0 Å². The Morgan fingerprint density at radius 2 is 1.17 bits per heavy atom. The maximum Gasteiger partial charge on any atom is 0.157 e. The lowest BCUT2D eigenvalue weighted by Crippen LogP contribution is -2.23. The monoisotopic (exact) mass is 374 g/mol. The molecule has 0 aromatic carbocycles. The standard InChI is InChI=1S/C18H30O4S2/c23-15(9-13-21-17-5-1-3-11-19-17)7-8-16(24)10-14-22-18-6-2-4-12-20-18/h17-18H,1-14H2. The van der Waals surface area contributed by atoms with Gasteiger partial charge in [-0.05, 0) is 61.1 Å². The molecule has 0 bridgehead atoms. The predicted molar refractivity (Wildman–Crippen MR) is 103 cm³/mol. The maximum absolute atomic E-state index is 5.72. The highest BCUT2D eigenvalue weighted by atomic mass is 32.1. The molecule has 2 aliphatic heterocycles. The molecule has 4 nitrogen and oxygen atoms in total. The largest absolute Gasteiger partial charge is 0.353 e. The van der Waals surface area contributed by atoms with Crippen LogP contribution in [0.3, 0.4) is 0 Å². The fraction of sp³-hybridized carbons (Fsp3) is 0.889. The maximum atomic E-state index is 5.72. The second-order valence-electron chi connectivity index (χ2n) is 6.41. The molecular weight excluding hydrogens is 344 g/mol. The van der Waals surface area contributed by atoms with Crippen molar-refractivity contribution in [3.8, 4) is 0 Å². The SMILES string of the molecule is S=C(CCOC1CCCCO1)CCC(=S)CCOC1CCCCO1. The minimum atomic E-state index is -0.0261. The predicted octanol–water partition coefficient (Wildman–Crippen LogP) is 4.37. The third kappa shape index (κ3) is 8.92. The van der Waals surface area contributed by atoms with Gasteiger partial charge >= 0.3 is 0 Å². The summed E-state index contributed by atoms with van der Waals surface area (Å²) in [5, 5.41) is 0. The zero-order chi connectivity index (χ0) is 17.0. The van der Waals surface area contributed by atoms with Crippen LogP contribution in [0.1, 0.15) is 64.2 Å². The number of ether oxygens (including phenoxy) is 4. The Labute approximate surface area is 156 Å². The van der Waals surface area contributed by atoms with Crippen molar-refractivity contribution in [3.05, 3.63) is 0 Å². The summed E-state index contributed by atoms with van der Waals surface area (Å²) in [5.74, 6) is 0. The van der Waals surface area contributed by atoms with Gasteiger partial charge in [-0.3, -0.25) is 0 Å². The first-order valence-electron chi connectivity index (χ1n) is 9.24. The summed E-state index contributed by atoms with van der Waals surface area (Å²) in [7, 11) is 0. The quantitative estimate of drug-likeness (QED) is 0.500. The van der Waals surface area contributed by atoms with E-state index < -0.39 is 0 Å². The highest BCUT2D eigenvalue weighted by Gasteiger charge is 2.15. The molecule has 2 rings (SSSR count). The number of hydrogen-bond acceptors (Lipinski definition) is 6. The average molecular weight is 375 g/mol. The Morgan fingerprint density at radius 1 is 0.708 bits per heavy atom. The van der Waals surface area contributed by atoms with Gasteiger partial charge in [-0.15, -0.1) is 0 Å². The van der Waals surface area contributed by atoms with Crippen LogP contribution >= 0.6 is 24.4 Å². The smallest absolute Gasteiger partial charge is 0.157 e. The van der Waals surface area contributed by atoms with E-state index in [1.165, 1.54) is 12.8 Å². The lowest BCUT2D eigenvalue weighted by molar-refractivity contribution is -0.161. The minimum absolute atomic E-state index is 0.0261. The van der Waals surface area contributed by atoms with Crippen molar-refractivity contribution in [2.45, 2.75) is 76.8 Å². The van der Waals surface area contributed by atoms with Gasteiger partial charge in [0.1, 0.15) is 0 Å². The Morgan fingerprint density at radius 3 is 1.54 bits per heavy atom. The molecule has 2 fully saturated rings. The Hall–Kier alpha value is 0.0200. The molecule has 2 saturated heterocycles. The van der Waals surface area contributed by atoms with Crippen LogP contribution in [-0.4, -0.2) is 48.7 Å². The summed E-state index contributed by atoms with van der Waals surface area (Å²) in [5.41, 5.74) is 0. The third-order valence-electron chi connectivity index (χ3n) is 4.33. The van der Waals surface area contributed by atoms with E-state index in [0.29, 0.717) is 13.2 Å². The zero-order valence-electron chi connectivity index (χ0n) is 14.5. The summed E-state index contributed by atoms with van der Waals surface area (Å²) in [4.78, 5) is 2.06. The van der Waals surface area contributed by atoms with Gasteiger partial charge in [0.2, 0.25) is 0 Å². The second-order valence-corrected chi connectivity index (χ2v) is 7.57. The first-order valence-corrected chi connectivity index (χ1v) is 10.1. The molecule has 24 heavy (non-hydrogen) atoms. The molecule has 2 atom stereocenters. The zero-order valence-corrected chi connectivity index (χ0v) is 16.1. The van der Waals surface area contributed by atoms with E-state index in [2.05, 4.69) is 0 Å². The molecule has 0 amide bonds. The van der Waals surface area contributed by atoms with Crippen LogP contribution < -0.4 is 0 Å². The molecule has 138 valence electrons. The van der Waals surface area contributed by atoms with Crippen LogP contribution in [0.15, 0.2) is 0 Å². The molecule has 2 unspecified atom stereocenters. The van der Waals surface area contributed by atoms with Gasteiger partial charge in [-0.1, -0.05) is 24.4 Å². The molecule has 0 aliphatic carbocycles. The van der Waals surface area contributed by atoms with Crippen LogP contribution in [0, 0.1) is 0 Å². The normalized spacial score (nSPS) is 24.7. The van der Waals surface area contributed by atoms with Crippen LogP contribution in [0.4, 0.5) is 0 Å². The van der Waals surface area contributed by atoms with Crippen LogP contribution in [0.5, 0.6) is 0 Å². The summed E-state index contributed by atoms with van der Waals surface area (Å²) in [6, 6.07) is 0. The van der Waals surface area contributed by atoms with Crippen molar-refractivity contribution < 1.29 is 18.9 Å². The molecular formula is C18H30O4S2. The molecule has 0 aromatic rings. The van der Waals surface area contributed by atoms with Gasteiger partial charge in [0.15, 0.2) is 12.6 Å². The molecule has 0 aromatic heterocycles. The van der Waals surface area contributed by atoms with Crippen LogP contribution in [0.25, 0.3) is 0 Å². The Bertz CT molecular complexity index is 341. The fourth-order valence-corrected chi connectivity index (χ4v) is 3.19. The topological polar surface area (TPSA) is 36.9 Å². The van der Waals surface area contributed by atoms with E-state index in [1.54, 1.807) is 0 Å². The summed E-state index contributed by atoms with van der Waals surface area (Å²) in [6.07, 6.45) is 9.97. The first-order chi connectivity index (χ1) is 11.7. The van der Waals surface area contributed by atoms with Crippen molar-refractivity contribution in [2.75, 3.05) is 26.4 Å². The number of thiocarbonyl (C=S) groups is 2. The average Bonchev–Trinajstić information content (AvgIpc) is 2.62. The van der Waals surface area contributed by atoms with E-state index in [9.17, 15) is 0 Å². The van der Waals surface area contributed by atoms with Crippen molar-refractivity contribution in [1.82, 2.24) is 0 Å². The van der Waals surface area contributed by atoms with E-state index in [4.69, 9.17) is 43.4 Å². The molecule has 0 N–H and O–H groups in total. The van der Waals surface area contributed by atoms with Crippen LogP contribution in [-0.2, 0) is 18.9 Å². The van der Waals surface area contributed by atoms with Crippen molar-refractivity contribution in [2.24, 2.45) is 0 Å².